The van der Waals surface area contributed by atoms with Crippen molar-refractivity contribution in [1.29, 1.82) is 0 Å². The molecule has 5 atom stereocenters. The van der Waals surface area contributed by atoms with Crippen LogP contribution in [0.2, 0.25) is 0 Å². The molecule has 0 radical (unpaired) electrons. The average molecular weight is 405 g/mol. The molecule has 3 aliphatic rings. The van der Waals surface area contributed by atoms with Gasteiger partial charge in [-0.2, -0.15) is 0 Å². The molecule has 156 valence electrons. The molecule has 0 spiro atoms. The van der Waals surface area contributed by atoms with Crippen LogP contribution in [0.5, 0.6) is 11.5 Å². The first-order valence-electron chi connectivity index (χ1n) is 10.8. The molecule has 1 aliphatic heterocycles. The second-order valence-electron chi connectivity index (χ2n) is 9.23. The average Bonchev–Trinajstić information content (AvgIpc) is 3.32. The maximum atomic E-state index is 12.9. The summed E-state index contributed by atoms with van der Waals surface area (Å²) in [5, 5.41) is 3.00. The number of esters is 1. The Morgan fingerprint density at radius 1 is 1.13 bits per heavy atom. The van der Waals surface area contributed by atoms with Crippen molar-refractivity contribution < 1.29 is 19.1 Å². The number of aryl methyl sites for hydroxylation is 1. The van der Waals surface area contributed by atoms with Crippen LogP contribution in [0.15, 0.2) is 42.5 Å². The highest BCUT2D eigenvalue weighted by Crippen LogP contribution is 2.57. The van der Waals surface area contributed by atoms with E-state index in [9.17, 15) is 9.59 Å². The summed E-state index contributed by atoms with van der Waals surface area (Å²) >= 11 is 0. The second-order valence-corrected chi connectivity index (χ2v) is 9.23. The fraction of sp³-hybridized carbons (Fsp3) is 0.440. The zero-order valence-electron chi connectivity index (χ0n) is 17.6. The summed E-state index contributed by atoms with van der Waals surface area (Å²) in [7, 11) is 0. The van der Waals surface area contributed by atoms with Crippen LogP contribution in [-0.4, -0.2) is 18.0 Å². The number of carbonyl (C=O) groups excluding carboxylic acids is 2. The first-order valence-corrected chi connectivity index (χ1v) is 10.8. The van der Waals surface area contributed by atoms with E-state index in [0.29, 0.717) is 11.6 Å². The Bertz CT molecular complexity index is 995. The topological polar surface area (TPSA) is 64.6 Å². The second kappa shape index (κ2) is 7.15. The Hall–Kier alpha value is -2.82. The van der Waals surface area contributed by atoms with Gasteiger partial charge >= 0.3 is 5.97 Å². The Morgan fingerprint density at radius 3 is 2.63 bits per heavy atom. The Kier molecular flexibility index (Phi) is 4.57. The van der Waals surface area contributed by atoms with Crippen molar-refractivity contribution in [3.63, 3.8) is 0 Å². The lowest BCUT2D eigenvalue weighted by molar-refractivity contribution is -0.145. The number of carbonyl (C=O) groups is 2. The van der Waals surface area contributed by atoms with E-state index in [-0.39, 0.29) is 41.7 Å². The van der Waals surface area contributed by atoms with Crippen molar-refractivity contribution in [1.82, 2.24) is 0 Å². The van der Waals surface area contributed by atoms with E-state index >= 15 is 0 Å². The quantitative estimate of drug-likeness (QED) is 0.707. The van der Waals surface area contributed by atoms with Gasteiger partial charge in [-0.1, -0.05) is 26.0 Å². The van der Waals surface area contributed by atoms with Crippen molar-refractivity contribution >= 4 is 17.6 Å². The highest BCUT2D eigenvalue weighted by molar-refractivity contribution is 5.97. The van der Waals surface area contributed by atoms with Gasteiger partial charge in [0.05, 0.1) is 11.8 Å². The van der Waals surface area contributed by atoms with E-state index in [1.54, 1.807) is 0 Å². The molecule has 30 heavy (non-hydrogen) atoms. The van der Waals surface area contributed by atoms with Crippen LogP contribution in [0, 0.1) is 30.6 Å². The maximum absolute atomic E-state index is 12.9. The van der Waals surface area contributed by atoms with E-state index < -0.39 is 0 Å². The molecule has 2 aliphatic carbocycles. The van der Waals surface area contributed by atoms with Gasteiger partial charge in [0.2, 0.25) is 5.91 Å². The van der Waals surface area contributed by atoms with Gasteiger partial charge in [0.1, 0.15) is 17.6 Å². The summed E-state index contributed by atoms with van der Waals surface area (Å²) in [5.74, 6) is 1.66. The zero-order chi connectivity index (χ0) is 21.0. The molecule has 5 heteroatoms. The molecule has 5 nitrogen and oxygen atoms in total. The van der Waals surface area contributed by atoms with Crippen molar-refractivity contribution in [2.75, 3.05) is 5.32 Å². The number of hydrogen-bond donors (Lipinski definition) is 1. The van der Waals surface area contributed by atoms with Crippen molar-refractivity contribution in [3.8, 4) is 11.5 Å². The highest BCUT2D eigenvalue weighted by Gasteiger charge is 2.63. The predicted molar refractivity (Wildman–Crippen MR) is 113 cm³/mol. The molecule has 2 saturated carbocycles. The van der Waals surface area contributed by atoms with Gasteiger partial charge in [-0.3, -0.25) is 9.59 Å². The molecule has 2 aromatic rings. The molecule has 2 aromatic carbocycles. The summed E-state index contributed by atoms with van der Waals surface area (Å²) in [5.41, 5.74) is 3.03. The van der Waals surface area contributed by atoms with E-state index in [1.807, 2.05) is 37.3 Å². The molecular weight excluding hydrogens is 378 g/mol. The highest BCUT2D eigenvalue weighted by atomic mass is 16.6. The SMILES string of the molecule is Cc1ccc(C(C)C)c(Oc2ccc(NC(=O)[C@H]3[C@@H]4C[C@H]5[C@H]3C(=O)O[C@H]5C4)cc2)c1. The number of benzene rings is 2. The number of rotatable bonds is 5. The minimum atomic E-state index is -0.266. The van der Waals surface area contributed by atoms with Crippen molar-refractivity contribution in [2.45, 2.75) is 45.6 Å². The Morgan fingerprint density at radius 2 is 1.90 bits per heavy atom. The number of hydrogen-bond acceptors (Lipinski definition) is 4. The van der Waals surface area contributed by atoms with Crippen LogP contribution >= 0.6 is 0 Å². The Balaban J connectivity index is 1.28. The largest absolute Gasteiger partial charge is 0.462 e. The van der Waals surface area contributed by atoms with Crippen LogP contribution in [-0.2, 0) is 14.3 Å². The lowest BCUT2D eigenvalue weighted by Gasteiger charge is -2.23. The molecule has 1 heterocycles. The lowest BCUT2D eigenvalue weighted by Crippen LogP contribution is -2.35. The Labute approximate surface area is 176 Å². The van der Waals surface area contributed by atoms with Gasteiger partial charge in [0, 0.05) is 11.6 Å². The normalized spacial score (nSPS) is 28.7. The number of anilines is 1. The minimum absolute atomic E-state index is 0.0466. The predicted octanol–water partition coefficient (Wildman–Crippen LogP) is 5.05. The summed E-state index contributed by atoms with van der Waals surface area (Å²) in [4.78, 5) is 25.1. The molecule has 0 unspecified atom stereocenters. The molecule has 0 aromatic heterocycles. The fourth-order valence-electron chi connectivity index (χ4n) is 5.53. The van der Waals surface area contributed by atoms with Crippen LogP contribution in [0.3, 0.4) is 0 Å². The standard InChI is InChI=1S/C25H27NO4/c1-13(2)18-9-4-14(3)10-20(18)29-17-7-5-16(6-8-17)26-24(27)22-15-11-19-21(12-15)30-25(28)23(19)22/h4-10,13,15,19,21-23H,11-12H2,1-3H3,(H,26,27)/t15-,19-,21+,22+,23-/m1/s1. The minimum Gasteiger partial charge on any atom is -0.462 e. The lowest BCUT2D eigenvalue weighted by atomic mass is 9.79. The van der Waals surface area contributed by atoms with Crippen molar-refractivity contribution in [2.24, 2.45) is 23.7 Å². The van der Waals surface area contributed by atoms with Gasteiger partial charge in [-0.05, 0) is 73.1 Å². The molecule has 3 fully saturated rings. The van der Waals surface area contributed by atoms with Gasteiger partial charge in [-0.25, -0.2) is 0 Å². The number of ether oxygens (including phenoxy) is 2. The smallest absolute Gasteiger partial charge is 0.310 e. The third-order valence-corrected chi connectivity index (χ3v) is 6.93. The first-order chi connectivity index (χ1) is 14.4. The summed E-state index contributed by atoms with van der Waals surface area (Å²) in [6.07, 6.45) is 1.80. The number of fused-ring (bicyclic) bond motifs is 1. The van der Waals surface area contributed by atoms with Gasteiger partial charge in [0.25, 0.3) is 0 Å². The molecule has 2 bridgehead atoms. The summed E-state index contributed by atoms with van der Waals surface area (Å²) < 4.78 is 11.6. The third kappa shape index (κ3) is 3.17. The summed E-state index contributed by atoms with van der Waals surface area (Å²) in [6, 6.07) is 13.7. The van der Waals surface area contributed by atoms with E-state index in [4.69, 9.17) is 9.47 Å². The fourth-order valence-corrected chi connectivity index (χ4v) is 5.53. The van der Waals surface area contributed by atoms with Gasteiger partial charge in [-0.15, -0.1) is 0 Å². The number of amides is 1. The zero-order valence-corrected chi connectivity index (χ0v) is 17.6. The first kappa shape index (κ1) is 19.2. The van der Waals surface area contributed by atoms with E-state index in [0.717, 1.165) is 35.5 Å². The molecule has 1 amide bonds. The molecular formula is C25H27NO4. The maximum Gasteiger partial charge on any atom is 0.310 e. The number of nitrogens with one attached hydrogen (secondary N) is 1. The molecule has 5 rings (SSSR count). The van der Waals surface area contributed by atoms with E-state index in [2.05, 4.69) is 31.3 Å². The third-order valence-electron chi connectivity index (χ3n) is 6.93. The molecule has 1 N–H and O–H groups in total. The van der Waals surface area contributed by atoms with Gasteiger partial charge < -0.3 is 14.8 Å². The van der Waals surface area contributed by atoms with E-state index in [1.165, 1.54) is 0 Å². The van der Waals surface area contributed by atoms with Crippen LogP contribution < -0.4 is 10.1 Å². The summed E-state index contributed by atoms with van der Waals surface area (Å²) in [6.45, 7) is 6.34. The van der Waals surface area contributed by atoms with Gasteiger partial charge in [0.15, 0.2) is 0 Å². The van der Waals surface area contributed by atoms with Crippen LogP contribution in [0.1, 0.15) is 43.7 Å². The molecule has 1 saturated heterocycles. The van der Waals surface area contributed by atoms with Crippen molar-refractivity contribution in [3.05, 3.63) is 53.6 Å². The van der Waals surface area contributed by atoms with Crippen LogP contribution in [0.25, 0.3) is 0 Å². The van der Waals surface area contributed by atoms with Crippen LogP contribution in [0.4, 0.5) is 5.69 Å². The monoisotopic (exact) mass is 405 g/mol.